The van der Waals surface area contributed by atoms with Crippen LogP contribution in [0.5, 0.6) is 0 Å². The number of rotatable bonds is 5. The fraction of sp³-hybridized carbons (Fsp3) is 0.545. The van der Waals surface area contributed by atoms with E-state index in [1.54, 1.807) is 4.90 Å². The Balaban J connectivity index is 2.68. The largest absolute Gasteiger partial charge is 0.446 e. The van der Waals surface area contributed by atoms with Crippen LogP contribution in [0.15, 0.2) is 10.7 Å². The van der Waals surface area contributed by atoms with Gasteiger partial charge in [0.25, 0.3) is 5.91 Å². The minimum absolute atomic E-state index is 0.0507. The van der Waals surface area contributed by atoms with Crippen LogP contribution in [0.2, 0.25) is 0 Å². The predicted octanol–water partition coefficient (Wildman–Crippen LogP) is 0.793. The number of oxazole rings is 1. The van der Waals surface area contributed by atoms with Crippen LogP contribution in [0.3, 0.4) is 0 Å². The van der Waals surface area contributed by atoms with Crippen LogP contribution in [0.25, 0.3) is 0 Å². The number of carbonyl (C=O) groups excluding carboxylic acids is 2. The summed E-state index contributed by atoms with van der Waals surface area (Å²) < 4.78 is 5.15. The van der Waals surface area contributed by atoms with E-state index in [0.29, 0.717) is 19.0 Å². The van der Waals surface area contributed by atoms with Crippen molar-refractivity contribution in [2.75, 3.05) is 13.1 Å². The zero-order valence-electron chi connectivity index (χ0n) is 10.3. The molecule has 0 aromatic carbocycles. The van der Waals surface area contributed by atoms with Crippen LogP contribution in [0.4, 0.5) is 0 Å². The van der Waals surface area contributed by atoms with E-state index in [4.69, 9.17) is 4.42 Å². The Labute approximate surface area is 100.0 Å². The molecule has 0 aliphatic heterocycles. The van der Waals surface area contributed by atoms with Gasteiger partial charge in [0.05, 0.1) is 6.54 Å². The normalized spacial score (nSPS) is 10.1. The highest BCUT2D eigenvalue weighted by molar-refractivity contribution is 5.91. The van der Waals surface area contributed by atoms with Gasteiger partial charge in [0, 0.05) is 20.0 Å². The molecule has 0 aliphatic rings. The Morgan fingerprint density at radius 2 is 2.18 bits per heavy atom. The Kier molecular flexibility index (Phi) is 4.68. The van der Waals surface area contributed by atoms with E-state index >= 15 is 0 Å². The summed E-state index contributed by atoms with van der Waals surface area (Å²) in [7, 11) is 0. The smallest absolute Gasteiger partial charge is 0.273 e. The lowest BCUT2D eigenvalue weighted by molar-refractivity contribution is -0.129. The summed E-state index contributed by atoms with van der Waals surface area (Å²) in [5.74, 6) is 0.0435. The van der Waals surface area contributed by atoms with Crippen molar-refractivity contribution in [3.63, 3.8) is 0 Å². The Hall–Kier alpha value is -1.85. The molecule has 1 aromatic rings. The maximum Gasteiger partial charge on any atom is 0.273 e. The van der Waals surface area contributed by atoms with Gasteiger partial charge in [-0.15, -0.1) is 0 Å². The number of aromatic nitrogens is 1. The quantitative estimate of drug-likeness (QED) is 0.824. The third-order valence-electron chi connectivity index (χ3n) is 2.27. The first-order valence-electron chi connectivity index (χ1n) is 5.56. The van der Waals surface area contributed by atoms with Crippen LogP contribution in [0.1, 0.15) is 37.2 Å². The summed E-state index contributed by atoms with van der Waals surface area (Å²) in [6.45, 7) is 6.58. The Morgan fingerprint density at radius 3 is 2.71 bits per heavy atom. The molecular weight excluding hydrogens is 222 g/mol. The van der Waals surface area contributed by atoms with E-state index in [-0.39, 0.29) is 24.1 Å². The molecule has 0 saturated heterocycles. The lowest BCUT2D eigenvalue weighted by atomic mass is 10.4. The van der Waals surface area contributed by atoms with Crippen molar-refractivity contribution in [1.29, 1.82) is 0 Å². The first kappa shape index (κ1) is 13.2. The zero-order valence-corrected chi connectivity index (χ0v) is 10.3. The minimum atomic E-state index is -0.270. The molecule has 17 heavy (non-hydrogen) atoms. The molecule has 0 aliphatic carbocycles. The minimum Gasteiger partial charge on any atom is -0.446 e. The molecule has 1 heterocycles. The second-order valence-electron chi connectivity index (χ2n) is 3.52. The first-order valence-corrected chi connectivity index (χ1v) is 5.56. The van der Waals surface area contributed by atoms with E-state index < -0.39 is 0 Å². The third-order valence-corrected chi connectivity index (χ3v) is 2.27. The number of nitrogens with zero attached hydrogens (tertiary/aromatic N) is 2. The van der Waals surface area contributed by atoms with Gasteiger partial charge in [0.1, 0.15) is 6.26 Å². The van der Waals surface area contributed by atoms with Gasteiger partial charge in [-0.1, -0.05) is 0 Å². The van der Waals surface area contributed by atoms with Crippen LogP contribution in [-0.2, 0) is 11.3 Å². The summed E-state index contributed by atoms with van der Waals surface area (Å²) >= 11 is 0. The van der Waals surface area contributed by atoms with Gasteiger partial charge in [-0.05, 0) is 13.8 Å². The highest BCUT2D eigenvalue weighted by atomic mass is 16.3. The number of hydrogen-bond acceptors (Lipinski definition) is 4. The summed E-state index contributed by atoms with van der Waals surface area (Å²) in [4.78, 5) is 28.2. The van der Waals surface area contributed by atoms with Crippen LogP contribution in [-0.4, -0.2) is 34.8 Å². The van der Waals surface area contributed by atoms with Crippen molar-refractivity contribution in [2.45, 2.75) is 27.3 Å². The SMILES string of the molecule is CCNC(=O)c1coc(CN(CC)C(C)=O)n1. The fourth-order valence-corrected chi connectivity index (χ4v) is 1.35. The highest BCUT2D eigenvalue weighted by Crippen LogP contribution is 2.06. The standard InChI is InChI=1S/C11H17N3O3/c1-4-12-11(16)9-7-17-10(13-9)6-14(5-2)8(3)15/h7H,4-6H2,1-3H3,(H,12,16). The molecule has 0 bridgehead atoms. The molecule has 0 atom stereocenters. The van der Waals surface area contributed by atoms with Gasteiger partial charge in [0.2, 0.25) is 11.8 Å². The topological polar surface area (TPSA) is 75.4 Å². The van der Waals surface area contributed by atoms with Gasteiger partial charge >= 0.3 is 0 Å². The lowest BCUT2D eigenvalue weighted by Crippen LogP contribution is -2.28. The maximum atomic E-state index is 11.4. The molecule has 6 heteroatoms. The molecule has 2 amide bonds. The Morgan fingerprint density at radius 1 is 1.47 bits per heavy atom. The van der Waals surface area contributed by atoms with Crippen molar-refractivity contribution < 1.29 is 14.0 Å². The molecule has 0 fully saturated rings. The summed E-state index contributed by atoms with van der Waals surface area (Å²) in [5.41, 5.74) is 0.237. The lowest BCUT2D eigenvalue weighted by Gasteiger charge is -2.15. The first-order chi connectivity index (χ1) is 8.08. The van der Waals surface area contributed by atoms with Crippen molar-refractivity contribution in [3.8, 4) is 0 Å². The molecule has 1 aromatic heterocycles. The van der Waals surface area contributed by atoms with E-state index in [9.17, 15) is 9.59 Å². The second-order valence-corrected chi connectivity index (χ2v) is 3.52. The summed E-state index contributed by atoms with van der Waals surface area (Å²) in [6.07, 6.45) is 1.30. The van der Waals surface area contributed by atoms with Crippen LogP contribution < -0.4 is 5.32 Å². The van der Waals surface area contributed by atoms with Crippen molar-refractivity contribution in [1.82, 2.24) is 15.2 Å². The van der Waals surface area contributed by atoms with Crippen molar-refractivity contribution in [2.24, 2.45) is 0 Å². The molecule has 0 unspecified atom stereocenters. The van der Waals surface area contributed by atoms with Crippen LogP contribution in [0, 0.1) is 0 Å². The predicted molar refractivity (Wildman–Crippen MR) is 61.3 cm³/mol. The second kappa shape index (κ2) is 6.03. The molecule has 1 N–H and O–H groups in total. The average Bonchev–Trinajstić information content (AvgIpc) is 2.74. The van der Waals surface area contributed by atoms with E-state index in [1.807, 2.05) is 13.8 Å². The van der Waals surface area contributed by atoms with Gasteiger partial charge in [-0.25, -0.2) is 4.98 Å². The molecule has 94 valence electrons. The van der Waals surface area contributed by atoms with Crippen molar-refractivity contribution >= 4 is 11.8 Å². The fourth-order valence-electron chi connectivity index (χ4n) is 1.35. The van der Waals surface area contributed by atoms with Gasteiger partial charge < -0.3 is 14.6 Å². The maximum absolute atomic E-state index is 11.4. The monoisotopic (exact) mass is 239 g/mol. The van der Waals surface area contributed by atoms with Crippen LogP contribution >= 0.6 is 0 Å². The van der Waals surface area contributed by atoms with Gasteiger partial charge in [-0.2, -0.15) is 0 Å². The molecular formula is C11H17N3O3. The van der Waals surface area contributed by atoms with Crippen molar-refractivity contribution in [3.05, 3.63) is 17.8 Å². The number of hydrogen-bond donors (Lipinski definition) is 1. The summed E-state index contributed by atoms with van der Waals surface area (Å²) in [5, 5.41) is 2.62. The van der Waals surface area contributed by atoms with E-state index in [0.717, 1.165) is 0 Å². The van der Waals surface area contributed by atoms with Gasteiger partial charge in [-0.3, -0.25) is 9.59 Å². The molecule has 6 nitrogen and oxygen atoms in total. The zero-order chi connectivity index (χ0) is 12.8. The third kappa shape index (κ3) is 3.58. The number of carbonyl (C=O) groups is 2. The average molecular weight is 239 g/mol. The van der Waals surface area contributed by atoms with E-state index in [1.165, 1.54) is 13.2 Å². The van der Waals surface area contributed by atoms with Gasteiger partial charge in [0.15, 0.2) is 5.69 Å². The molecule has 0 spiro atoms. The number of nitrogens with one attached hydrogen (secondary N) is 1. The Bertz CT molecular complexity index is 400. The highest BCUT2D eigenvalue weighted by Gasteiger charge is 2.14. The molecule has 1 rings (SSSR count). The summed E-state index contributed by atoms with van der Waals surface area (Å²) in [6, 6.07) is 0. The number of amides is 2. The molecule has 0 saturated carbocycles. The molecule has 0 radical (unpaired) electrons. The van der Waals surface area contributed by atoms with E-state index in [2.05, 4.69) is 10.3 Å².